The van der Waals surface area contributed by atoms with Crippen LogP contribution in [0.3, 0.4) is 0 Å². The van der Waals surface area contributed by atoms with Crippen LogP contribution in [0.15, 0.2) is 6.20 Å². The topological polar surface area (TPSA) is 145 Å². The smallest absolute Gasteiger partial charge is 0.329 e. The summed E-state index contributed by atoms with van der Waals surface area (Å²) in [6.07, 6.45) is 1.74. The van der Waals surface area contributed by atoms with E-state index in [1.807, 2.05) is 0 Å². The van der Waals surface area contributed by atoms with Crippen LogP contribution < -0.4 is 16.6 Å². The summed E-state index contributed by atoms with van der Waals surface area (Å²) in [6, 6.07) is 0. The number of rotatable bonds is 8. The second-order valence-corrected chi connectivity index (χ2v) is 3.66. The Bertz CT molecular complexity index is 481. The van der Waals surface area contributed by atoms with Crippen molar-refractivity contribution >= 4 is 23.4 Å². The second kappa shape index (κ2) is 7.84. The van der Waals surface area contributed by atoms with Crippen LogP contribution in [0.25, 0.3) is 0 Å². The molecule has 0 spiro atoms. The molecule has 1 aromatic heterocycles. The Morgan fingerprint density at radius 1 is 1.60 bits per heavy atom. The van der Waals surface area contributed by atoms with Crippen molar-refractivity contribution in [3.8, 4) is 0 Å². The highest BCUT2D eigenvalue weighted by Gasteiger charge is 2.16. The van der Waals surface area contributed by atoms with Gasteiger partial charge in [-0.1, -0.05) is 0 Å². The lowest BCUT2D eigenvalue weighted by Crippen LogP contribution is -2.14. The van der Waals surface area contributed by atoms with Crippen molar-refractivity contribution in [2.75, 3.05) is 23.9 Å². The summed E-state index contributed by atoms with van der Waals surface area (Å²) in [5, 5.41) is 13.6. The van der Waals surface area contributed by atoms with Crippen LogP contribution in [0.4, 0.5) is 17.5 Å². The minimum Gasteiger partial charge on any atom is -0.466 e. The van der Waals surface area contributed by atoms with Crippen LogP contribution in [-0.2, 0) is 9.53 Å². The van der Waals surface area contributed by atoms with E-state index in [1.54, 1.807) is 6.92 Å². The van der Waals surface area contributed by atoms with E-state index in [0.29, 0.717) is 19.6 Å². The number of nitro groups is 1. The SMILES string of the molecule is CCOC(=O)CCCNc1nc(NN)ncc1[N+](=O)[O-]. The van der Waals surface area contributed by atoms with Crippen molar-refractivity contribution in [3.05, 3.63) is 16.3 Å². The van der Waals surface area contributed by atoms with Crippen molar-refractivity contribution in [2.24, 2.45) is 5.84 Å². The number of carbonyl (C=O) groups excluding carboxylic acids is 1. The van der Waals surface area contributed by atoms with Gasteiger partial charge in [0.1, 0.15) is 6.20 Å². The molecule has 0 unspecified atom stereocenters. The molecule has 10 heteroatoms. The highest BCUT2D eigenvalue weighted by atomic mass is 16.6. The lowest BCUT2D eigenvalue weighted by atomic mass is 10.3. The minimum absolute atomic E-state index is 0.0433. The highest BCUT2D eigenvalue weighted by Crippen LogP contribution is 2.21. The lowest BCUT2D eigenvalue weighted by molar-refractivity contribution is -0.384. The quantitative estimate of drug-likeness (QED) is 0.203. The van der Waals surface area contributed by atoms with E-state index in [1.165, 1.54) is 0 Å². The van der Waals surface area contributed by atoms with Crippen LogP contribution in [0.2, 0.25) is 0 Å². The van der Waals surface area contributed by atoms with Crippen LogP contribution >= 0.6 is 0 Å². The highest BCUT2D eigenvalue weighted by molar-refractivity contribution is 5.69. The molecule has 1 heterocycles. The Hall–Kier alpha value is -2.49. The molecule has 4 N–H and O–H groups in total. The first-order valence-corrected chi connectivity index (χ1v) is 5.96. The number of aromatic nitrogens is 2. The average Bonchev–Trinajstić information content (AvgIpc) is 2.43. The number of nitrogen functional groups attached to an aromatic ring is 1. The van der Waals surface area contributed by atoms with Crippen molar-refractivity contribution in [1.82, 2.24) is 9.97 Å². The Kier molecular flexibility index (Phi) is 6.10. The summed E-state index contributed by atoms with van der Waals surface area (Å²) in [7, 11) is 0. The van der Waals surface area contributed by atoms with Gasteiger partial charge in [0.15, 0.2) is 0 Å². The van der Waals surface area contributed by atoms with Crippen LogP contribution in [0.1, 0.15) is 19.8 Å². The van der Waals surface area contributed by atoms with Gasteiger partial charge >= 0.3 is 11.7 Å². The third-order valence-corrected chi connectivity index (χ3v) is 2.25. The van der Waals surface area contributed by atoms with Gasteiger partial charge in [-0.15, -0.1) is 0 Å². The van der Waals surface area contributed by atoms with Crippen molar-refractivity contribution in [1.29, 1.82) is 0 Å². The van der Waals surface area contributed by atoms with Crippen LogP contribution in [0.5, 0.6) is 0 Å². The molecule has 0 saturated heterocycles. The molecule has 0 aliphatic rings. The molecule has 0 aliphatic carbocycles. The molecule has 0 saturated carbocycles. The molecule has 0 aliphatic heterocycles. The number of nitrogens with zero attached hydrogens (tertiary/aromatic N) is 3. The van der Waals surface area contributed by atoms with Crippen molar-refractivity contribution in [2.45, 2.75) is 19.8 Å². The van der Waals surface area contributed by atoms with E-state index in [2.05, 4.69) is 20.7 Å². The van der Waals surface area contributed by atoms with Gasteiger partial charge in [0.2, 0.25) is 11.8 Å². The molecule has 0 radical (unpaired) electrons. The molecular weight excluding hydrogens is 268 g/mol. The number of nitrogens with two attached hydrogens (primary N) is 1. The second-order valence-electron chi connectivity index (χ2n) is 3.66. The number of anilines is 2. The van der Waals surface area contributed by atoms with Gasteiger partial charge in [-0.25, -0.2) is 10.8 Å². The van der Waals surface area contributed by atoms with E-state index in [4.69, 9.17) is 10.6 Å². The molecule has 10 nitrogen and oxygen atoms in total. The Morgan fingerprint density at radius 2 is 2.35 bits per heavy atom. The van der Waals surface area contributed by atoms with Crippen LogP contribution in [-0.4, -0.2) is 34.0 Å². The first kappa shape index (κ1) is 15.6. The van der Waals surface area contributed by atoms with Gasteiger partial charge in [0.05, 0.1) is 11.5 Å². The summed E-state index contributed by atoms with van der Waals surface area (Å²) in [5.41, 5.74) is 1.94. The largest absolute Gasteiger partial charge is 0.466 e. The van der Waals surface area contributed by atoms with Gasteiger partial charge in [-0.05, 0) is 13.3 Å². The van der Waals surface area contributed by atoms with Crippen molar-refractivity contribution in [3.63, 3.8) is 0 Å². The summed E-state index contributed by atoms with van der Waals surface area (Å²) in [4.78, 5) is 28.8. The van der Waals surface area contributed by atoms with E-state index in [0.717, 1.165) is 6.20 Å². The normalized spacial score (nSPS) is 9.90. The zero-order valence-electron chi connectivity index (χ0n) is 11.0. The molecule has 0 amide bonds. The summed E-state index contributed by atoms with van der Waals surface area (Å²) in [5.74, 6) is 4.93. The minimum atomic E-state index is -0.603. The number of ether oxygens (including phenoxy) is 1. The number of nitrogens with one attached hydrogen (secondary N) is 2. The predicted octanol–water partition coefficient (Wildman–Crippen LogP) is 0.426. The van der Waals surface area contributed by atoms with Gasteiger partial charge in [0.25, 0.3) is 0 Å². The zero-order chi connectivity index (χ0) is 15.0. The number of hydrazine groups is 1. The lowest BCUT2D eigenvalue weighted by Gasteiger charge is -2.07. The van der Waals surface area contributed by atoms with E-state index in [9.17, 15) is 14.9 Å². The van der Waals surface area contributed by atoms with Crippen LogP contribution in [0, 0.1) is 10.1 Å². The van der Waals surface area contributed by atoms with Gasteiger partial charge in [-0.3, -0.25) is 20.3 Å². The van der Waals surface area contributed by atoms with Gasteiger partial charge in [-0.2, -0.15) is 4.98 Å². The Labute approximate surface area is 114 Å². The third-order valence-electron chi connectivity index (χ3n) is 2.25. The standard InChI is InChI=1S/C10H16N6O4/c1-2-20-8(17)4-3-5-12-9-7(16(18)19)6-13-10(14-9)15-11/h6H,2-5,11H2,1H3,(H2,12,13,14,15). The molecular formula is C10H16N6O4. The number of hydrogen-bond donors (Lipinski definition) is 3. The van der Waals surface area contributed by atoms with E-state index >= 15 is 0 Å². The summed E-state index contributed by atoms with van der Waals surface area (Å²) < 4.78 is 4.77. The van der Waals surface area contributed by atoms with Crippen molar-refractivity contribution < 1.29 is 14.5 Å². The first-order chi connectivity index (χ1) is 9.58. The fraction of sp³-hybridized carbons (Fsp3) is 0.500. The monoisotopic (exact) mass is 284 g/mol. The zero-order valence-corrected chi connectivity index (χ0v) is 11.0. The number of carbonyl (C=O) groups is 1. The van der Waals surface area contributed by atoms with Gasteiger partial charge in [0, 0.05) is 13.0 Å². The first-order valence-electron chi connectivity index (χ1n) is 5.96. The third kappa shape index (κ3) is 4.65. The van der Waals surface area contributed by atoms with E-state index < -0.39 is 4.92 Å². The molecule has 0 bridgehead atoms. The van der Waals surface area contributed by atoms with Gasteiger partial charge < -0.3 is 10.1 Å². The van der Waals surface area contributed by atoms with E-state index in [-0.39, 0.29) is 29.8 Å². The maximum atomic E-state index is 11.1. The predicted molar refractivity (Wildman–Crippen MR) is 70.9 cm³/mol. The molecule has 1 aromatic rings. The molecule has 0 fully saturated rings. The summed E-state index contributed by atoms with van der Waals surface area (Å²) >= 11 is 0. The fourth-order valence-corrected chi connectivity index (χ4v) is 1.38. The molecule has 0 aromatic carbocycles. The number of hydrogen-bond acceptors (Lipinski definition) is 9. The Morgan fingerprint density at radius 3 is 2.95 bits per heavy atom. The molecule has 20 heavy (non-hydrogen) atoms. The average molecular weight is 284 g/mol. The number of esters is 1. The maximum absolute atomic E-state index is 11.1. The maximum Gasteiger partial charge on any atom is 0.329 e. The summed E-state index contributed by atoms with van der Waals surface area (Å²) in [6.45, 7) is 2.39. The molecule has 0 atom stereocenters. The molecule has 1 rings (SSSR count). The fourth-order valence-electron chi connectivity index (χ4n) is 1.38. The Balaban J connectivity index is 2.57. The molecule has 110 valence electrons.